The minimum atomic E-state index is 0.386. The van der Waals surface area contributed by atoms with Gasteiger partial charge in [0.25, 0.3) is 0 Å². The van der Waals surface area contributed by atoms with Crippen molar-refractivity contribution in [3.63, 3.8) is 0 Å². The fourth-order valence-corrected chi connectivity index (χ4v) is 2.97. The van der Waals surface area contributed by atoms with Crippen molar-refractivity contribution < 1.29 is 0 Å². The molecule has 2 heterocycles. The highest BCUT2D eigenvalue weighted by molar-refractivity contribution is 5.24. The van der Waals surface area contributed by atoms with Crippen LogP contribution in [0.2, 0.25) is 0 Å². The minimum absolute atomic E-state index is 0.386. The second-order valence-electron chi connectivity index (χ2n) is 5.79. The number of aryl methyl sites for hydroxylation is 1. The van der Waals surface area contributed by atoms with E-state index in [1.165, 1.54) is 17.0 Å². The molecule has 1 unspecified atom stereocenters. The Bertz CT molecular complexity index is 573. The summed E-state index contributed by atoms with van der Waals surface area (Å²) in [5.74, 6) is 1.18. The molecule has 0 bridgehead atoms. The first kappa shape index (κ1) is 14.3. The van der Waals surface area contributed by atoms with Gasteiger partial charge in [0, 0.05) is 38.1 Å². The third kappa shape index (κ3) is 3.34. The van der Waals surface area contributed by atoms with E-state index in [9.17, 15) is 0 Å². The molecule has 3 rings (SSSR count). The van der Waals surface area contributed by atoms with Gasteiger partial charge in [-0.15, -0.1) is 0 Å². The molecule has 1 atom stereocenters. The van der Waals surface area contributed by atoms with Gasteiger partial charge in [-0.3, -0.25) is 4.90 Å². The molecule has 1 aliphatic rings. The van der Waals surface area contributed by atoms with Crippen molar-refractivity contribution in [1.82, 2.24) is 19.8 Å². The van der Waals surface area contributed by atoms with Crippen LogP contribution in [0.3, 0.4) is 0 Å². The smallest absolute Gasteiger partial charge is 0.122 e. The van der Waals surface area contributed by atoms with Crippen molar-refractivity contribution in [3.8, 4) is 0 Å². The molecule has 0 radical (unpaired) electrons. The highest BCUT2D eigenvalue weighted by atomic mass is 15.2. The van der Waals surface area contributed by atoms with E-state index in [2.05, 4.69) is 64.1 Å². The SMILES string of the molecule is CCNC(CN1CCn2ccnc2C1)c1ccc(C)cc1. The Morgan fingerprint density at radius 2 is 2.05 bits per heavy atom. The quantitative estimate of drug-likeness (QED) is 0.915. The lowest BCUT2D eigenvalue weighted by atomic mass is 10.0. The van der Waals surface area contributed by atoms with Gasteiger partial charge in [-0.2, -0.15) is 0 Å². The molecule has 2 aromatic rings. The average molecular weight is 284 g/mol. The molecule has 0 saturated carbocycles. The molecule has 0 fully saturated rings. The molecule has 0 saturated heterocycles. The molecule has 1 aliphatic heterocycles. The molecule has 1 aromatic carbocycles. The van der Waals surface area contributed by atoms with Gasteiger partial charge in [0.2, 0.25) is 0 Å². The van der Waals surface area contributed by atoms with E-state index < -0.39 is 0 Å². The van der Waals surface area contributed by atoms with Gasteiger partial charge in [-0.05, 0) is 19.0 Å². The molecule has 112 valence electrons. The maximum atomic E-state index is 4.45. The highest BCUT2D eigenvalue weighted by Gasteiger charge is 2.20. The van der Waals surface area contributed by atoms with Crippen LogP contribution in [0.15, 0.2) is 36.7 Å². The lowest BCUT2D eigenvalue weighted by Crippen LogP contribution is -2.39. The van der Waals surface area contributed by atoms with Crippen LogP contribution in [0.5, 0.6) is 0 Å². The van der Waals surface area contributed by atoms with Crippen LogP contribution in [0.25, 0.3) is 0 Å². The molecule has 4 nitrogen and oxygen atoms in total. The number of hydrogen-bond acceptors (Lipinski definition) is 3. The van der Waals surface area contributed by atoms with Gasteiger partial charge in [0.05, 0.1) is 6.54 Å². The molecule has 21 heavy (non-hydrogen) atoms. The van der Waals surface area contributed by atoms with E-state index in [1.54, 1.807) is 0 Å². The third-order valence-electron chi connectivity index (χ3n) is 4.19. The van der Waals surface area contributed by atoms with Crippen LogP contribution in [-0.2, 0) is 13.1 Å². The summed E-state index contributed by atoms with van der Waals surface area (Å²) in [6.45, 7) is 9.41. The predicted octanol–water partition coefficient (Wildman–Crippen LogP) is 2.36. The molecule has 1 N–H and O–H groups in total. The van der Waals surface area contributed by atoms with Crippen LogP contribution >= 0.6 is 0 Å². The zero-order valence-corrected chi connectivity index (χ0v) is 12.9. The number of likely N-dealkylation sites (N-methyl/N-ethyl adjacent to an activating group) is 1. The largest absolute Gasteiger partial charge is 0.333 e. The highest BCUT2D eigenvalue weighted by Crippen LogP contribution is 2.18. The normalized spacial score (nSPS) is 16.7. The van der Waals surface area contributed by atoms with Gasteiger partial charge >= 0.3 is 0 Å². The van der Waals surface area contributed by atoms with E-state index in [0.29, 0.717) is 6.04 Å². The Kier molecular flexibility index (Phi) is 4.36. The number of fused-ring (bicyclic) bond motifs is 1. The molecular formula is C17H24N4. The van der Waals surface area contributed by atoms with Gasteiger partial charge in [-0.1, -0.05) is 36.8 Å². The second-order valence-corrected chi connectivity index (χ2v) is 5.79. The molecule has 0 amide bonds. The first-order valence-corrected chi connectivity index (χ1v) is 7.78. The first-order chi connectivity index (χ1) is 10.3. The molecule has 1 aromatic heterocycles. The van der Waals surface area contributed by atoms with Gasteiger partial charge in [-0.25, -0.2) is 4.98 Å². The summed E-state index contributed by atoms with van der Waals surface area (Å²) in [5, 5.41) is 3.61. The summed E-state index contributed by atoms with van der Waals surface area (Å²) in [7, 11) is 0. The maximum absolute atomic E-state index is 4.45. The Balaban J connectivity index is 1.69. The fourth-order valence-electron chi connectivity index (χ4n) is 2.97. The second kappa shape index (κ2) is 6.41. The topological polar surface area (TPSA) is 33.1 Å². The number of benzene rings is 1. The van der Waals surface area contributed by atoms with Crippen LogP contribution < -0.4 is 5.32 Å². The van der Waals surface area contributed by atoms with Gasteiger partial charge < -0.3 is 9.88 Å². The van der Waals surface area contributed by atoms with Crippen LogP contribution in [0, 0.1) is 6.92 Å². The predicted molar refractivity (Wildman–Crippen MR) is 85.1 cm³/mol. The average Bonchev–Trinajstić information content (AvgIpc) is 2.95. The van der Waals surface area contributed by atoms with Gasteiger partial charge in [0.1, 0.15) is 5.82 Å². The number of rotatable bonds is 5. The van der Waals surface area contributed by atoms with E-state index in [1.807, 2.05) is 6.20 Å². The molecular weight excluding hydrogens is 260 g/mol. The monoisotopic (exact) mass is 284 g/mol. The Labute approximate surface area is 126 Å². The number of hydrogen-bond donors (Lipinski definition) is 1. The summed E-state index contributed by atoms with van der Waals surface area (Å²) in [6, 6.07) is 9.27. The maximum Gasteiger partial charge on any atom is 0.122 e. The summed E-state index contributed by atoms with van der Waals surface area (Å²) in [6.07, 6.45) is 3.98. The number of nitrogens with zero attached hydrogens (tertiary/aromatic N) is 3. The Morgan fingerprint density at radius 3 is 2.81 bits per heavy atom. The fraction of sp³-hybridized carbons (Fsp3) is 0.471. The number of aromatic nitrogens is 2. The lowest BCUT2D eigenvalue weighted by molar-refractivity contribution is 0.195. The zero-order chi connectivity index (χ0) is 14.7. The van der Waals surface area contributed by atoms with Gasteiger partial charge in [0.15, 0.2) is 0 Å². The standard InChI is InChI=1S/C17H24N4/c1-3-18-16(15-6-4-14(2)5-7-15)12-20-10-11-21-9-8-19-17(21)13-20/h4-9,16,18H,3,10-13H2,1-2H3. The zero-order valence-electron chi connectivity index (χ0n) is 12.9. The van der Waals surface area contributed by atoms with Crippen molar-refractivity contribution in [3.05, 3.63) is 53.6 Å². The first-order valence-electron chi connectivity index (χ1n) is 7.78. The van der Waals surface area contributed by atoms with E-state index in [0.717, 1.165) is 32.7 Å². The van der Waals surface area contributed by atoms with Crippen LogP contribution in [0.4, 0.5) is 0 Å². The lowest BCUT2D eigenvalue weighted by Gasteiger charge is -2.31. The Morgan fingerprint density at radius 1 is 1.24 bits per heavy atom. The number of nitrogens with one attached hydrogen (secondary N) is 1. The van der Waals surface area contributed by atoms with E-state index in [-0.39, 0.29) is 0 Å². The van der Waals surface area contributed by atoms with E-state index >= 15 is 0 Å². The number of imidazole rings is 1. The van der Waals surface area contributed by atoms with E-state index in [4.69, 9.17) is 0 Å². The summed E-state index contributed by atoms with van der Waals surface area (Å²) >= 11 is 0. The Hall–Kier alpha value is -1.65. The van der Waals surface area contributed by atoms with Crippen LogP contribution in [0.1, 0.15) is 29.9 Å². The molecule has 0 aliphatic carbocycles. The molecule has 4 heteroatoms. The van der Waals surface area contributed by atoms with Crippen molar-refractivity contribution in [2.24, 2.45) is 0 Å². The van der Waals surface area contributed by atoms with Crippen molar-refractivity contribution in [2.75, 3.05) is 19.6 Å². The third-order valence-corrected chi connectivity index (χ3v) is 4.19. The summed E-state index contributed by atoms with van der Waals surface area (Å²) in [5.41, 5.74) is 2.69. The summed E-state index contributed by atoms with van der Waals surface area (Å²) in [4.78, 5) is 6.94. The van der Waals surface area contributed by atoms with Crippen LogP contribution in [-0.4, -0.2) is 34.1 Å². The molecule has 0 spiro atoms. The van der Waals surface area contributed by atoms with Crippen molar-refractivity contribution in [1.29, 1.82) is 0 Å². The summed E-state index contributed by atoms with van der Waals surface area (Å²) < 4.78 is 2.25. The minimum Gasteiger partial charge on any atom is -0.333 e. The van der Waals surface area contributed by atoms with Crippen molar-refractivity contribution in [2.45, 2.75) is 33.0 Å². The van der Waals surface area contributed by atoms with Crippen molar-refractivity contribution >= 4 is 0 Å².